The highest BCUT2D eigenvalue weighted by Gasteiger charge is 2.42. The van der Waals surface area contributed by atoms with Crippen LogP contribution < -0.4 is 0 Å². The van der Waals surface area contributed by atoms with Crippen molar-refractivity contribution in [1.82, 2.24) is 0 Å². The van der Waals surface area contributed by atoms with Crippen LogP contribution in [0.3, 0.4) is 0 Å². The molecule has 0 aliphatic carbocycles. The Morgan fingerprint density at radius 1 is 1.00 bits per heavy atom. The van der Waals surface area contributed by atoms with Gasteiger partial charge in [-0.05, 0) is 25.5 Å². The molecule has 1 aliphatic heterocycles. The summed E-state index contributed by atoms with van der Waals surface area (Å²) in [6, 6.07) is 15.7. The van der Waals surface area contributed by atoms with Gasteiger partial charge in [-0.1, -0.05) is 48.0 Å². The van der Waals surface area contributed by atoms with E-state index in [1.807, 2.05) is 62.4 Å². The first-order chi connectivity index (χ1) is 8.61. The molecule has 90 valence electrons. The van der Waals surface area contributed by atoms with E-state index >= 15 is 0 Å². The van der Waals surface area contributed by atoms with E-state index < -0.39 is 5.60 Å². The second kappa shape index (κ2) is 3.70. The molecule has 0 saturated heterocycles. The fraction of sp³-hybridized carbons (Fsp3) is 0.188. The minimum atomic E-state index is -0.665. The van der Waals surface area contributed by atoms with E-state index in [0.717, 1.165) is 11.1 Å². The molecule has 0 bridgehead atoms. The number of hydrogen-bond acceptors (Lipinski definition) is 2. The highest BCUT2D eigenvalue weighted by atomic mass is 16.6. The molecule has 18 heavy (non-hydrogen) atoms. The van der Waals surface area contributed by atoms with Crippen LogP contribution in [-0.4, -0.2) is 5.97 Å². The van der Waals surface area contributed by atoms with Crippen molar-refractivity contribution in [3.05, 3.63) is 70.8 Å². The average Bonchev–Trinajstić information content (AvgIpc) is 2.64. The second-order valence-corrected chi connectivity index (χ2v) is 4.83. The van der Waals surface area contributed by atoms with Crippen LogP contribution in [0.25, 0.3) is 0 Å². The van der Waals surface area contributed by atoms with Gasteiger partial charge in [0.1, 0.15) is 0 Å². The Morgan fingerprint density at radius 3 is 2.39 bits per heavy atom. The van der Waals surface area contributed by atoms with Gasteiger partial charge in [-0.3, -0.25) is 0 Å². The molecule has 0 saturated carbocycles. The molecule has 1 unspecified atom stereocenters. The summed E-state index contributed by atoms with van der Waals surface area (Å²) in [6.07, 6.45) is 0. The molecule has 0 amide bonds. The van der Waals surface area contributed by atoms with Crippen LogP contribution in [0.2, 0.25) is 0 Å². The molecule has 1 heterocycles. The van der Waals surface area contributed by atoms with Crippen LogP contribution in [0, 0.1) is 6.92 Å². The van der Waals surface area contributed by atoms with E-state index in [9.17, 15) is 4.79 Å². The number of benzene rings is 2. The zero-order valence-corrected chi connectivity index (χ0v) is 10.4. The summed E-state index contributed by atoms with van der Waals surface area (Å²) in [6.45, 7) is 3.99. The number of rotatable bonds is 1. The number of cyclic esters (lactones) is 1. The Hall–Kier alpha value is -2.09. The summed E-state index contributed by atoms with van der Waals surface area (Å²) >= 11 is 0. The molecule has 3 rings (SSSR count). The topological polar surface area (TPSA) is 26.3 Å². The molecular weight excluding hydrogens is 224 g/mol. The second-order valence-electron chi connectivity index (χ2n) is 4.83. The highest BCUT2D eigenvalue weighted by molar-refractivity contribution is 5.95. The van der Waals surface area contributed by atoms with Crippen molar-refractivity contribution in [2.24, 2.45) is 0 Å². The third-order valence-corrected chi connectivity index (χ3v) is 3.56. The van der Waals surface area contributed by atoms with Crippen LogP contribution >= 0.6 is 0 Å². The van der Waals surface area contributed by atoms with Crippen LogP contribution in [0.4, 0.5) is 0 Å². The molecule has 2 aromatic rings. The first-order valence-corrected chi connectivity index (χ1v) is 6.01. The summed E-state index contributed by atoms with van der Waals surface area (Å²) in [7, 11) is 0. The summed E-state index contributed by atoms with van der Waals surface area (Å²) in [4.78, 5) is 11.9. The van der Waals surface area contributed by atoms with Gasteiger partial charge >= 0.3 is 5.97 Å². The molecule has 0 spiro atoms. The van der Waals surface area contributed by atoms with Crippen molar-refractivity contribution in [2.75, 3.05) is 0 Å². The van der Waals surface area contributed by atoms with Crippen molar-refractivity contribution < 1.29 is 9.53 Å². The summed E-state index contributed by atoms with van der Waals surface area (Å²) in [5.41, 5.74) is 3.15. The smallest absolute Gasteiger partial charge is 0.339 e. The molecule has 0 fully saturated rings. The fourth-order valence-corrected chi connectivity index (χ4v) is 2.46. The lowest BCUT2D eigenvalue weighted by molar-refractivity contribution is 0.0180. The van der Waals surface area contributed by atoms with Gasteiger partial charge in [0, 0.05) is 5.56 Å². The molecule has 2 heteroatoms. The van der Waals surface area contributed by atoms with Gasteiger partial charge < -0.3 is 4.74 Å². The molecule has 0 radical (unpaired) electrons. The maximum Gasteiger partial charge on any atom is 0.339 e. The van der Waals surface area contributed by atoms with E-state index in [4.69, 9.17) is 4.74 Å². The Kier molecular flexibility index (Phi) is 2.27. The lowest BCUT2D eigenvalue weighted by Crippen LogP contribution is -2.23. The standard InChI is InChI=1S/C16H14O2/c1-11-7-9-12(10-8-11)16(2)14-6-4-3-5-13(14)15(17)18-16/h3-10H,1-2H3. The number of fused-ring (bicyclic) bond motifs is 1. The van der Waals surface area contributed by atoms with Gasteiger partial charge in [0.15, 0.2) is 5.60 Å². The molecule has 2 aromatic carbocycles. The first kappa shape index (κ1) is 11.0. The number of carbonyl (C=O) groups excluding carboxylic acids is 1. The third kappa shape index (κ3) is 1.46. The Labute approximate surface area is 106 Å². The lowest BCUT2D eigenvalue weighted by atomic mass is 9.87. The van der Waals surface area contributed by atoms with Gasteiger partial charge in [-0.15, -0.1) is 0 Å². The average molecular weight is 238 g/mol. The van der Waals surface area contributed by atoms with Gasteiger partial charge in [-0.2, -0.15) is 0 Å². The van der Waals surface area contributed by atoms with E-state index in [1.54, 1.807) is 0 Å². The Bertz CT molecular complexity index is 613. The maximum atomic E-state index is 11.9. The predicted octanol–water partition coefficient (Wildman–Crippen LogP) is 3.43. The fourth-order valence-electron chi connectivity index (χ4n) is 2.46. The monoisotopic (exact) mass is 238 g/mol. The van der Waals surface area contributed by atoms with Gasteiger partial charge in [0.25, 0.3) is 0 Å². The Morgan fingerprint density at radius 2 is 1.67 bits per heavy atom. The molecule has 1 atom stereocenters. The quantitative estimate of drug-likeness (QED) is 0.711. The largest absolute Gasteiger partial charge is 0.446 e. The Balaban J connectivity index is 2.17. The van der Waals surface area contributed by atoms with Crippen LogP contribution in [0.1, 0.15) is 34.0 Å². The van der Waals surface area contributed by atoms with E-state index in [1.165, 1.54) is 5.56 Å². The van der Waals surface area contributed by atoms with Gasteiger partial charge in [0.05, 0.1) is 5.56 Å². The SMILES string of the molecule is Cc1ccc(C2(C)OC(=O)c3ccccc32)cc1. The van der Waals surface area contributed by atoms with Crippen molar-refractivity contribution in [2.45, 2.75) is 19.4 Å². The third-order valence-electron chi connectivity index (χ3n) is 3.56. The molecule has 0 N–H and O–H groups in total. The number of carbonyl (C=O) groups is 1. The van der Waals surface area contributed by atoms with E-state index in [2.05, 4.69) is 0 Å². The highest BCUT2D eigenvalue weighted by Crippen LogP contribution is 2.41. The zero-order valence-electron chi connectivity index (χ0n) is 10.4. The van der Waals surface area contributed by atoms with Crippen molar-refractivity contribution in [3.8, 4) is 0 Å². The molecular formula is C16H14O2. The van der Waals surface area contributed by atoms with Crippen molar-refractivity contribution >= 4 is 5.97 Å². The van der Waals surface area contributed by atoms with E-state index in [0.29, 0.717) is 5.56 Å². The predicted molar refractivity (Wildman–Crippen MR) is 69.5 cm³/mol. The number of ether oxygens (including phenoxy) is 1. The molecule has 0 aromatic heterocycles. The number of esters is 1. The minimum absolute atomic E-state index is 0.242. The first-order valence-electron chi connectivity index (χ1n) is 6.01. The summed E-state index contributed by atoms with van der Waals surface area (Å²) in [5.74, 6) is -0.242. The van der Waals surface area contributed by atoms with Crippen LogP contribution in [0.15, 0.2) is 48.5 Å². The minimum Gasteiger partial charge on any atom is -0.446 e. The normalized spacial score (nSPS) is 21.6. The number of hydrogen-bond donors (Lipinski definition) is 0. The van der Waals surface area contributed by atoms with Gasteiger partial charge in [0.2, 0.25) is 0 Å². The zero-order chi connectivity index (χ0) is 12.8. The lowest BCUT2D eigenvalue weighted by Gasteiger charge is -2.24. The summed E-state index contributed by atoms with van der Waals surface area (Å²) in [5, 5.41) is 0. The van der Waals surface area contributed by atoms with Crippen LogP contribution in [-0.2, 0) is 10.3 Å². The molecule has 2 nitrogen and oxygen atoms in total. The molecule has 1 aliphatic rings. The summed E-state index contributed by atoms with van der Waals surface area (Å²) < 4.78 is 5.61. The van der Waals surface area contributed by atoms with Crippen LogP contribution in [0.5, 0.6) is 0 Å². The number of aryl methyl sites for hydroxylation is 1. The van der Waals surface area contributed by atoms with Crippen molar-refractivity contribution in [3.63, 3.8) is 0 Å². The van der Waals surface area contributed by atoms with E-state index in [-0.39, 0.29) is 5.97 Å². The van der Waals surface area contributed by atoms with Crippen molar-refractivity contribution in [1.29, 1.82) is 0 Å². The maximum absolute atomic E-state index is 11.9. The van der Waals surface area contributed by atoms with Gasteiger partial charge in [-0.25, -0.2) is 4.79 Å².